The topological polar surface area (TPSA) is 75.6 Å². The van der Waals surface area contributed by atoms with Crippen molar-refractivity contribution >= 4 is 21.5 Å². The fourth-order valence-electron chi connectivity index (χ4n) is 2.15. The Bertz CT molecular complexity index is 683. The van der Waals surface area contributed by atoms with Crippen molar-refractivity contribution in [3.63, 3.8) is 0 Å². The first-order chi connectivity index (χ1) is 10.5. The molecule has 0 saturated carbocycles. The van der Waals surface area contributed by atoms with Gasteiger partial charge in [0.25, 0.3) is 10.1 Å². The van der Waals surface area contributed by atoms with Gasteiger partial charge in [-0.1, -0.05) is 18.2 Å². The lowest BCUT2D eigenvalue weighted by molar-refractivity contribution is 0.0469. The highest BCUT2D eigenvalue weighted by atomic mass is 32.2. The number of ether oxygens (including phenoxy) is 1. The zero-order chi connectivity index (χ0) is 16.0. The lowest BCUT2D eigenvalue weighted by atomic mass is 10.1. The molecule has 0 radical (unpaired) electrons. The average Bonchev–Trinajstić information content (AvgIpc) is 2.98. The van der Waals surface area contributed by atoms with Crippen molar-refractivity contribution in [2.75, 3.05) is 20.2 Å². The molecule has 1 atom stereocenters. The first kappa shape index (κ1) is 17.1. The van der Waals surface area contributed by atoms with Crippen LogP contribution in [0.1, 0.15) is 16.5 Å². The van der Waals surface area contributed by atoms with Crippen molar-refractivity contribution < 1.29 is 17.7 Å². The lowest BCUT2D eigenvalue weighted by Gasteiger charge is -2.22. The molecule has 1 aliphatic rings. The highest BCUT2D eigenvalue weighted by molar-refractivity contribution is 7.85. The van der Waals surface area contributed by atoms with E-state index >= 15 is 0 Å². The maximum absolute atomic E-state index is 10.4. The van der Waals surface area contributed by atoms with Crippen LogP contribution in [-0.4, -0.2) is 33.2 Å². The fourth-order valence-corrected chi connectivity index (χ4v) is 3.66. The molecule has 0 amide bonds. The SMILES string of the molecule is CNC[C@@H]1OCCc2ccsc21.O=S(=O)(O)c1ccccc1. The maximum Gasteiger partial charge on any atom is 0.294 e. The molecule has 2 heterocycles. The molecule has 2 aromatic rings. The first-order valence-corrected chi connectivity index (χ1v) is 9.19. The van der Waals surface area contributed by atoms with Crippen molar-refractivity contribution in [1.82, 2.24) is 5.32 Å². The number of benzene rings is 1. The van der Waals surface area contributed by atoms with E-state index in [1.807, 2.05) is 18.4 Å². The van der Waals surface area contributed by atoms with Gasteiger partial charge in [-0.25, -0.2) is 0 Å². The smallest absolute Gasteiger partial charge is 0.294 e. The lowest BCUT2D eigenvalue weighted by Crippen LogP contribution is -2.23. The van der Waals surface area contributed by atoms with Crippen LogP contribution >= 0.6 is 11.3 Å². The van der Waals surface area contributed by atoms with E-state index < -0.39 is 10.1 Å². The number of nitrogens with one attached hydrogen (secondary N) is 1. The molecule has 5 nitrogen and oxygen atoms in total. The molecule has 2 N–H and O–H groups in total. The molecule has 1 aliphatic heterocycles. The van der Waals surface area contributed by atoms with Crippen LogP contribution < -0.4 is 5.32 Å². The monoisotopic (exact) mass is 341 g/mol. The van der Waals surface area contributed by atoms with Gasteiger partial charge in [-0.2, -0.15) is 8.42 Å². The molecule has 0 spiro atoms. The van der Waals surface area contributed by atoms with Crippen LogP contribution in [0.15, 0.2) is 46.7 Å². The molecule has 3 rings (SSSR count). The summed E-state index contributed by atoms with van der Waals surface area (Å²) in [5.74, 6) is 0. The van der Waals surface area contributed by atoms with Crippen molar-refractivity contribution in [3.8, 4) is 0 Å². The summed E-state index contributed by atoms with van der Waals surface area (Å²) < 4.78 is 34.9. The summed E-state index contributed by atoms with van der Waals surface area (Å²) in [6, 6.07) is 9.64. The van der Waals surface area contributed by atoms with Gasteiger partial charge < -0.3 is 10.1 Å². The molecular weight excluding hydrogens is 322 g/mol. The fraction of sp³-hybridized carbons (Fsp3) is 0.333. The minimum atomic E-state index is -4.00. The number of fused-ring (bicyclic) bond motifs is 1. The quantitative estimate of drug-likeness (QED) is 0.839. The van der Waals surface area contributed by atoms with Gasteiger partial charge in [-0.15, -0.1) is 11.3 Å². The predicted molar refractivity (Wildman–Crippen MR) is 86.9 cm³/mol. The van der Waals surface area contributed by atoms with Crippen LogP contribution in [0.5, 0.6) is 0 Å². The second kappa shape index (κ2) is 7.85. The Balaban J connectivity index is 0.000000164. The molecule has 0 aliphatic carbocycles. The Labute approximate surface area is 134 Å². The van der Waals surface area contributed by atoms with E-state index in [0.717, 1.165) is 19.6 Å². The van der Waals surface area contributed by atoms with Crippen molar-refractivity contribution in [3.05, 3.63) is 52.2 Å². The minimum absolute atomic E-state index is 0.0741. The Hall–Kier alpha value is -1.25. The van der Waals surface area contributed by atoms with Crippen LogP contribution in [0.3, 0.4) is 0 Å². The summed E-state index contributed by atoms with van der Waals surface area (Å²) in [5.41, 5.74) is 1.48. The summed E-state index contributed by atoms with van der Waals surface area (Å²) in [6.45, 7) is 1.80. The highest BCUT2D eigenvalue weighted by Gasteiger charge is 2.20. The van der Waals surface area contributed by atoms with E-state index in [-0.39, 0.29) is 4.90 Å². The van der Waals surface area contributed by atoms with Gasteiger partial charge in [0.05, 0.1) is 11.5 Å². The van der Waals surface area contributed by atoms with Crippen LogP contribution in [0.2, 0.25) is 0 Å². The zero-order valence-electron chi connectivity index (χ0n) is 12.2. The minimum Gasteiger partial charge on any atom is -0.371 e. The van der Waals surface area contributed by atoms with Gasteiger partial charge in [-0.3, -0.25) is 4.55 Å². The maximum atomic E-state index is 10.4. The van der Waals surface area contributed by atoms with Crippen molar-refractivity contribution in [2.45, 2.75) is 17.4 Å². The second-order valence-electron chi connectivity index (χ2n) is 4.77. The van der Waals surface area contributed by atoms with E-state index in [0.29, 0.717) is 6.10 Å². The molecule has 1 aromatic heterocycles. The van der Waals surface area contributed by atoms with Crippen LogP contribution in [0, 0.1) is 0 Å². The second-order valence-corrected chi connectivity index (χ2v) is 7.13. The van der Waals surface area contributed by atoms with Gasteiger partial charge in [0.1, 0.15) is 6.10 Å². The molecule has 0 saturated heterocycles. The molecular formula is C15H19NO4S2. The Morgan fingerprint density at radius 3 is 2.64 bits per heavy atom. The average molecular weight is 341 g/mol. The van der Waals surface area contributed by atoms with E-state index in [1.165, 1.54) is 22.6 Å². The zero-order valence-corrected chi connectivity index (χ0v) is 13.9. The van der Waals surface area contributed by atoms with Crippen LogP contribution in [0.4, 0.5) is 0 Å². The summed E-state index contributed by atoms with van der Waals surface area (Å²) in [5, 5.41) is 5.30. The first-order valence-electron chi connectivity index (χ1n) is 6.87. The van der Waals surface area contributed by atoms with Gasteiger partial charge in [0, 0.05) is 11.4 Å². The van der Waals surface area contributed by atoms with Gasteiger partial charge in [0.15, 0.2) is 0 Å². The van der Waals surface area contributed by atoms with Gasteiger partial charge >= 0.3 is 0 Å². The third kappa shape index (κ3) is 4.62. The number of rotatable bonds is 3. The number of likely N-dealkylation sites (N-methyl/N-ethyl adjacent to an activating group) is 1. The molecule has 0 bridgehead atoms. The summed E-state index contributed by atoms with van der Waals surface area (Å²) in [4.78, 5) is 1.34. The molecule has 120 valence electrons. The normalized spacial score (nSPS) is 17.3. The predicted octanol–water partition coefficient (Wildman–Crippen LogP) is 2.51. The number of thiophene rings is 1. The van der Waals surface area contributed by atoms with Crippen molar-refractivity contribution in [1.29, 1.82) is 0 Å². The van der Waals surface area contributed by atoms with E-state index in [4.69, 9.17) is 9.29 Å². The summed E-state index contributed by atoms with van der Waals surface area (Å²) in [6.07, 6.45) is 1.37. The van der Waals surface area contributed by atoms with Crippen LogP contribution in [0.25, 0.3) is 0 Å². The van der Waals surface area contributed by atoms with E-state index in [2.05, 4.69) is 16.8 Å². The third-order valence-electron chi connectivity index (χ3n) is 3.19. The third-order valence-corrected chi connectivity index (χ3v) is 5.11. The standard InChI is InChI=1S/C9H13NOS.C6H6O3S/c1-10-6-8-9-7(2-4-11-8)3-5-12-9;7-10(8,9)6-4-2-1-3-5-6/h3,5,8,10H,2,4,6H2,1H3;1-5H,(H,7,8,9)/t8-;/m0./s1. The molecule has 1 aromatic carbocycles. The van der Waals surface area contributed by atoms with Gasteiger partial charge in [-0.05, 0) is 42.6 Å². The van der Waals surface area contributed by atoms with Crippen LogP contribution in [-0.2, 0) is 21.3 Å². The Kier molecular flexibility index (Phi) is 6.10. The summed E-state index contributed by atoms with van der Waals surface area (Å²) in [7, 11) is -2.04. The molecule has 0 unspecified atom stereocenters. The van der Waals surface area contributed by atoms with E-state index in [1.54, 1.807) is 18.2 Å². The largest absolute Gasteiger partial charge is 0.371 e. The number of hydrogen-bond acceptors (Lipinski definition) is 5. The summed E-state index contributed by atoms with van der Waals surface area (Å²) >= 11 is 1.81. The number of hydrogen-bond donors (Lipinski definition) is 2. The molecule has 0 fully saturated rings. The van der Waals surface area contributed by atoms with E-state index in [9.17, 15) is 8.42 Å². The van der Waals surface area contributed by atoms with Gasteiger partial charge in [0.2, 0.25) is 0 Å². The Morgan fingerprint density at radius 2 is 2.05 bits per heavy atom. The molecule has 7 heteroatoms. The Morgan fingerprint density at radius 1 is 1.32 bits per heavy atom. The van der Waals surface area contributed by atoms with Crippen molar-refractivity contribution in [2.24, 2.45) is 0 Å². The molecule has 22 heavy (non-hydrogen) atoms. The highest BCUT2D eigenvalue weighted by Crippen LogP contribution is 2.30.